The summed E-state index contributed by atoms with van der Waals surface area (Å²) in [5.41, 5.74) is 1.25. The van der Waals surface area contributed by atoms with Crippen LogP contribution in [-0.4, -0.2) is 24.7 Å². The lowest BCUT2D eigenvalue weighted by Crippen LogP contribution is -2.09. The third-order valence-electron chi connectivity index (χ3n) is 4.87. The van der Waals surface area contributed by atoms with Crippen LogP contribution in [0.15, 0.2) is 17.5 Å². The monoisotopic (exact) mass is 382 g/mol. The average Bonchev–Trinajstić information content (AvgIpc) is 3.39. The summed E-state index contributed by atoms with van der Waals surface area (Å²) in [6.07, 6.45) is 2.18. The van der Waals surface area contributed by atoms with Crippen molar-refractivity contribution in [3.05, 3.63) is 39.6 Å². The lowest BCUT2D eigenvalue weighted by atomic mass is 10.2. The summed E-state index contributed by atoms with van der Waals surface area (Å²) in [6.45, 7) is 5.91. The molecule has 0 saturated carbocycles. The third kappa shape index (κ3) is 2.52. The van der Waals surface area contributed by atoms with E-state index in [0.29, 0.717) is 6.54 Å². The minimum atomic E-state index is 0.622. The normalized spacial score (nSPS) is 13.5. The Labute approximate surface area is 159 Å². The van der Waals surface area contributed by atoms with Crippen molar-refractivity contribution in [1.82, 2.24) is 24.7 Å². The Bertz CT molecular complexity index is 1090. The molecule has 0 unspecified atom stereocenters. The van der Waals surface area contributed by atoms with Crippen LogP contribution in [0.4, 0.5) is 5.82 Å². The van der Waals surface area contributed by atoms with Crippen molar-refractivity contribution in [3.63, 3.8) is 0 Å². The number of anilines is 1. The van der Waals surface area contributed by atoms with Crippen LogP contribution in [0.1, 0.15) is 28.5 Å². The molecule has 0 atom stereocenters. The smallest absolute Gasteiger partial charge is 0.173 e. The zero-order chi connectivity index (χ0) is 17.7. The summed E-state index contributed by atoms with van der Waals surface area (Å²) in [7, 11) is 0. The molecule has 0 amide bonds. The second-order valence-electron chi connectivity index (χ2n) is 6.48. The van der Waals surface area contributed by atoms with Crippen LogP contribution in [0, 0.1) is 13.8 Å². The van der Waals surface area contributed by atoms with E-state index in [1.807, 2.05) is 6.07 Å². The van der Waals surface area contributed by atoms with Crippen molar-refractivity contribution in [1.29, 1.82) is 0 Å². The highest BCUT2D eigenvalue weighted by atomic mass is 32.1. The molecular formula is C18H18N6S2. The third-order valence-corrected chi connectivity index (χ3v) is 6.84. The van der Waals surface area contributed by atoms with E-state index in [1.54, 1.807) is 22.7 Å². The van der Waals surface area contributed by atoms with Gasteiger partial charge in [0, 0.05) is 17.8 Å². The molecule has 1 aliphatic rings. The van der Waals surface area contributed by atoms with E-state index < -0.39 is 0 Å². The van der Waals surface area contributed by atoms with Crippen LogP contribution in [0.2, 0.25) is 0 Å². The average molecular weight is 383 g/mol. The van der Waals surface area contributed by atoms with Gasteiger partial charge in [-0.3, -0.25) is 0 Å². The Morgan fingerprint density at radius 1 is 1.23 bits per heavy atom. The molecule has 8 heteroatoms. The molecule has 5 heterocycles. The van der Waals surface area contributed by atoms with Gasteiger partial charge in [-0.25, -0.2) is 9.97 Å². The van der Waals surface area contributed by atoms with Gasteiger partial charge < -0.3 is 9.88 Å². The van der Waals surface area contributed by atoms with E-state index in [4.69, 9.17) is 9.97 Å². The van der Waals surface area contributed by atoms with Crippen molar-refractivity contribution >= 4 is 38.7 Å². The highest BCUT2D eigenvalue weighted by Crippen LogP contribution is 2.35. The fourth-order valence-electron chi connectivity index (χ4n) is 3.40. The molecule has 0 aliphatic carbocycles. The minimum Gasteiger partial charge on any atom is -0.362 e. The predicted octanol–water partition coefficient (Wildman–Crippen LogP) is 4.19. The highest BCUT2D eigenvalue weighted by Gasteiger charge is 2.19. The van der Waals surface area contributed by atoms with Gasteiger partial charge in [0.15, 0.2) is 11.6 Å². The summed E-state index contributed by atoms with van der Waals surface area (Å²) >= 11 is 3.39. The second-order valence-corrected chi connectivity index (χ2v) is 8.63. The van der Waals surface area contributed by atoms with Gasteiger partial charge in [0.2, 0.25) is 0 Å². The Kier molecular flexibility index (Phi) is 3.75. The number of fused-ring (bicyclic) bond motifs is 2. The van der Waals surface area contributed by atoms with E-state index in [2.05, 4.69) is 45.4 Å². The molecule has 26 heavy (non-hydrogen) atoms. The van der Waals surface area contributed by atoms with Crippen LogP contribution in [0.25, 0.3) is 20.9 Å². The molecule has 132 valence electrons. The summed E-state index contributed by atoms with van der Waals surface area (Å²) < 4.78 is 2.22. The van der Waals surface area contributed by atoms with Crippen LogP contribution in [-0.2, 0) is 19.5 Å². The van der Waals surface area contributed by atoms with E-state index in [1.165, 1.54) is 10.4 Å². The molecule has 5 rings (SSSR count). The first kappa shape index (κ1) is 15.9. The molecule has 4 aromatic heterocycles. The van der Waals surface area contributed by atoms with Gasteiger partial charge in [-0.2, -0.15) is 0 Å². The highest BCUT2D eigenvalue weighted by molar-refractivity contribution is 7.19. The summed E-state index contributed by atoms with van der Waals surface area (Å²) in [5, 5.41) is 15.3. The van der Waals surface area contributed by atoms with Gasteiger partial charge in [-0.1, -0.05) is 6.07 Å². The van der Waals surface area contributed by atoms with Crippen molar-refractivity contribution in [2.75, 3.05) is 5.32 Å². The van der Waals surface area contributed by atoms with Crippen molar-refractivity contribution in [2.45, 2.75) is 39.8 Å². The van der Waals surface area contributed by atoms with E-state index in [-0.39, 0.29) is 0 Å². The van der Waals surface area contributed by atoms with Gasteiger partial charge in [-0.05, 0) is 37.3 Å². The van der Waals surface area contributed by atoms with E-state index in [9.17, 15) is 0 Å². The fourth-order valence-corrected chi connectivity index (χ4v) is 5.08. The molecular weight excluding hydrogens is 364 g/mol. The molecule has 0 saturated heterocycles. The number of rotatable bonds is 4. The number of thiophene rings is 2. The molecule has 0 bridgehead atoms. The first-order valence-corrected chi connectivity index (χ1v) is 10.4. The topological polar surface area (TPSA) is 68.5 Å². The van der Waals surface area contributed by atoms with Crippen LogP contribution < -0.4 is 5.32 Å². The number of aryl methyl sites for hydroxylation is 3. The van der Waals surface area contributed by atoms with Crippen molar-refractivity contribution < 1.29 is 0 Å². The number of hydrogen-bond donors (Lipinski definition) is 1. The Balaban J connectivity index is 1.56. The fraction of sp³-hybridized carbons (Fsp3) is 0.333. The standard InChI is InChI=1S/C18H18N6S2/c1-10-11(2)26-18-15(10)17(20-16(21-18)12-5-4-8-25-12)19-9-14-23-22-13-6-3-7-24(13)14/h4-5,8H,3,6-7,9H2,1-2H3,(H,19,20,21). The van der Waals surface area contributed by atoms with Crippen molar-refractivity contribution in [2.24, 2.45) is 0 Å². The van der Waals surface area contributed by atoms with Crippen molar-refractivity contribution in [3.8, 4) is 10.7 Å². The second kappa shape index (κ2) is 6.14. The number of hydrogen-bond acceptors (Lipinski definition) is 7. The Morgan fingerprint density at radius 3 is 3.00 bits per heavy atom. The maximum atomic E-state index is 4.85. The van der Waals surface area contributed by atoms with E-state index >= 15 is 0 Å². The maximum absolute atomic E-state index is 4.85. The van der Waals surface area contributed by atoms with E-state index in [0.717, 1.165) is 57.8 Å². The first-order valence-electron chi connectivity index (χ1n) is 8.67. The van der Waals surface area contributed by atoms with Gasteiger partial charge >= 0.3 is 0 Å². The Morgan fingerprint density at radius 2 is 2.15 bits per heavy atom. The molecule has 0 fully saturated rings. The first-order chi connectivity index (χ1) is 12.7. The molecule has 4 aromatic rings. The van der Waals surface area contributed by atoms with Gasteiger partial charge in [-0.15, -0.1) is 32.9 Å². The lowest BCUT2D eigenvalue weighted by Gasteiger charge is -2.09. The van der Waals surface area contributed by atoms with Gasteiger partial charge in [0.1, 0.15) is 16.5 Å². The summed E-state index contributed by atoms with van der Waals surface area (Å²) in [5.74, 6) is 3.74. The number of aromatic nitrogens is 5. The summed E-state index contributed by atoms with van der Waals surface area (Å²) in [4.78, 5) is 13.1. The molecule has 0 aromatic carbocycles. The van der Waals surface area contributed by atoms with Crippen LogP contribution in [0.3, 0.4) is 0 Å². The number of nitrogens with one attached hydrogen (secondary N) is 1. The SMILES string of the molecule is Cc1sc2nc(-c3cccs3)nc(NCc3nnc4n3CCC4)c2c1C. The zero-order valence-electron chi connectivity index (χ0n) is 14.6. The van der Waals surface area contributed by atoms with Crippen LogP contribution >= 0.6 is 22.7 Å². The summed E-state index contributed by atoms with van der Waals surface area (Å²) in [6, 6.07) is 4.10. The molecule has 1 N–H and O–H groups in total. The lowest BCUT2D eigenvalue weighted by molar-refractivity contribution is 0.695. The van der Waals surface area contributed by atoms with Crippen LogP contribution in [0.5, 0.6) is 0 Å². The van der Waals surface area contributed by atoms with Gasteiger partial charge in [0.05, 0.1) is 16.8 Å². The maximum Gasteiger partial charge on any atom is 0.173 e. The molecule has 0 radical (unpaired) electrons. The largest absolute Gasteiger partial charge is 0.362 e. The predicted molar refractivity (Wildman–Crippen MR) is 106 cm³/mol. The minimum absolute atomic E-state index is 0.622. The molecule has 6 nitrogen and oxygen atoms in total. The van der Waals surface area contributed by atoms with Gasteiger partial charge in [0.25, 0.3) is 0 Å². The molecule has 1 aliphatic heterocycles. The molecule has 0 spiro atoms. The Hall–Kier alpha value is -2.32. The number of nitrogens with zero attached hydrogens (tertiary/aromatic N) is 5. The quantitative estimate of drug-likeness (QED) is 0.573. The zero-order valence-corrected chi connectivity index (χ0v) is 16.2.